The molecule has 5 heteroatoms. The normalized spacial score (nSPS) is 13.3. The van der Waals surface area contributed by atoms with Gasteiger partial charge in [-0.2, -0.15) is 0 Å². The van der Waals surface area contributed by atoms with Gasteiger partial charge in [-0.3, -0.25) is 9.59 Å². The fourth-order valence-electron chi connectivity index (χ4n) is 2.78. The minimum atomic E-state index is -0.254. The van der Waals surface area contributed by atoms with Gasteiger partial charge >= 0.3 is 0 Å². The third-order valence-corrected chi connectivity index (χ3v) is 4.62. The van der Waals surface area contributed by atoms with Gasteiger partial charge in [0.25, 0.3) is 5.91 Å². The number of nitrogens with one attached hydrogen (secondary N) is 1. The number of carbonyl (C=O) groups is 2. The van der Waals surface area contributed by atoms with Gasteiger partial charge in [0.05, 0.1) is 12.1 Å². The van der Waals surface area contributed by atoms with Crippen molar-refractivity contribution >= 4 is 33.4 Å². The quantitative estimate of drug-likeness (QED) is 0.899. The van der Waals surface area contributed by atoms with Crippen molar-refractivity contribution in [1.29, 1.82) is 0 Å². The number of amides is 2. The Morgan fingerprint density at radius 3 is 2.65 bits per heavy atom. The Kier molecular flexibility index (Phi) is 4.76. The molecule has 0 atom stereocenters. The summed E-state index contributed by atoms with van der Waals surface area (Å²) >= 11 is 3.35. The van der Waals surface area contributed by atoms with Gasteiger partial charge in [-0.05, 0) is 52.5 Å². The van der Waals surface area contributed by atoms with E-state index in [0.717, 1.165) is 18.5 Å². The number of nitrogens with zero attached hydrogens (tertiary/aromatic N) is 1. The van der Waals surface area contributed by atoms with Crippen molar-refractivity contribution in [1.82, 2.24) is 5.32 Å². The van der Waals surface area contributed by atoms with Gasteiger partial charge in [0.1, 0.15) is 0 Å². The lowest BCUT2D eigenvalue weighted by molar-refractivity contribution is -0.117. The topological polar surface area (TPSA) is 49.4 Å². The van der Waals surface area contributed by atoms with E-state index in [0.29, 0.717) is 16.6 Å². The summed E-state index contributed by atoms with van der Waals surface area (Å²) in [4.78, 5) is 26.4. The van der Waals surface area contributed by atoms with E-state index >= 15 is 0 Å². The number of rotatable bonds is 3. The van der Waals surface area contributed by atoms with Crippen LogP contribution >= 0.6 is 15.9 Å². The summed E-state index contributed by atoms with van der Waals surface area (Å²) in [5.41, 5.74) is 2.67. The van der Waals surface area contributed by atoms with E-state index in [1.807, 2.05) is 24.3 Å². The van der Waals surface area contributed by atoms with Crippen LogP contribution in [0.2, 0.25) is 0 Å². The van der Waals surface area contributed by atoms with E-state index in [1.54, 1.807) is 23.1 Å². The maximum atomic E-state index is 12.5. The summed E-state index contributed by atoms with van der Waals surface area (Å²) in [6, 6.07) is 15.1. The van der Waals surface area contributed by atoms with Crippen LogP contribution < -0.4 is 10.2 Å². The molecule has 0 spiro atoms. The number of hydrogen-bond acceptors (Lipinski definition) is 2. The van der Waals surface area contributed by atoms with E-state index in [9.17, 15) is 9.59 Å². The van der Waals surface area contributed by atoms with E-state index in [1.165, 1.54) is 5.56 Å². The molecule has 0 aliphatic carbocycles. The highest BCUT2D eigenvalue weighted by Gasteiger charge is 2.22. The zero-order valence-electron chi connectivity index (χ0n) is 12.6. The number of fused-ring (bicyclic) bond motifs is 1. The highest BCUT2D eigenvalue weighted by Crippen LogP contribution is 2.26. The first-order valence-electron chi connectivity index (χ1n) is 7.58. The number of benzene rings is 2. The Morgan fingerprint density at radius 2 is 1.83 bits per heavy atom. The van der Waals surface area contributed by atoms with E-state index < -0.39 is 0 Å². The van der Waals surface area contributed by atoms with Crippen molar-refractivity contribution in [2.24, 2.45) is 0 Å². The van der Waals surface area contributed by atoms with Crippen LogP contribution in [0.4, 0.5) is 5.69 Å². The van der Waals surface area contributed by atoms with Gasteiger partial charge < -0.3 is 10.2 Å². The van der Waals surface area contributed by atoms with Crippen LogP contribution in [0, 0.1) is 0 Å². The van der Waals surface area contributed by atoms with Gasteiger partial charge in [-0.15, -0.1) is 0 Å². The average Bonchev–Trinajstić information content (AvgIpc) is 2.59. The molecule has 2 amide bonds. The first-order valence-corrected chi connectivity index (χ1v) is 8.37. The Morgan fingerprint density at radius 1 is 1.09 bits per heavy atom. The van der Waals surface area contributed by atoms with Crippen LogP contribution in [0.25, 0.3) is 0 Å². The zero-order chi connectivity index (χ0) is 16.2. The third-order valence-electron chi connectivity index (χ3n) is 3.93. The molecule has 0 saturated carbocycles. The molecule has 4 nitrogen and oxygen atoms in total. The minimum Gasteiger partial charge on any atom is -0.343 e. The Hall–Kier alpha value is -2.14. The summed E-state index contributed by atoms with van der Waals surface area (Å²) in [6.45, 7) is 0.690. The van der Waals surface area contributed by atoms with Crippen LogP contribution in [-0.2, 0) is 11.2 Å². The predicted octanol–water partition coefficient (Wildman–Crippen LogP) is 3.16. The lowest BCUT2D eigenvalue weighted by atomic mass is 10.0. The molecule has 2 aromatic rings. The van der Waals surface area contributed by atoms with E-state index in [4.69, 9.17) is 0 Å². The van der Waals surface area contributed by atoms with Crippen molar-refractivity contribution < 1.29 is 9.59 Å². The number of carbonyl (C=O) groups excluding carboxylic acids is 2. The molecule has 0 radical (unpaired) electrons. The largest absolute Gasteiger partial charge is 0.343 e. The standard InChI is InChI=1S/C18H17BrN2O2/c19-15-9-3-2-8-14(15)18(23)20-12-17(22)21-11-5-7-13-6-1-4-10-16(13)21/h1-4,6,8-10H,5,7,11-12H2,(H,20,23). The fraction of sp³-hybridized carbons (Fsp3) is 0.222. The Bertz CT molecular complexity index is 745. The molecular formula is C18H17BrN2O2. The highest BCUT2D eigenvalue weighted by atomic mass is 79.9. The summed E-state index contributed by atoms with van der Waals surface area (Å²) in [6.07, 6.45) is 1.93. The molecule has 0 fully saturated rings. The van der Waals surface area contributed by atoms with Crippen molar-refractivity contribution in [3.63, 3.8) is 0 Å². The number of hydrogen-bond donors (Lipinski definition) is 1. The molecule has 0 unspecified atom stereocenters. The SMILES string of the molecule is O=C(NCC(=O)N1CCCc2ccccc21)c1ccccc1Br. The maximum absolute atomic E-state index is 12.5. The van der Waals surface area contributed by atoms with Crippen LogP contribution in [0.3, 0.4) is 0 Å². The Labute approximate surface area is 143 Å². The second-order valence-electron chi connectivity index (χ2n) is 5.44. The van der Waals surface area contributed by atoms with E-state index in [-0.39, 0.29) is 18.4 Å². The average molecular weight is 373 g/mol. The third kappa shape index (κ3) is 3.45. The Balaban J connectivity index is 1.67. The number of aryl methyl sites for hydroxylation is 1. The molecule has 1 N–H and O–H groups in total. The first kappa shape index (κ1) is 15.7. The summed E-state index contributed by atoms with van der Waals surface area (Å²) < 4.78 is 0.716. The molecule has 118 valence electrons. The van der Waals surface area contributed by atoms with Crippen molar-refractivity contribution in [3.8, 4) is 0 Å². The lowest BCUT2D eigenvalue weighted by Gasteiger charge is -2.29. The number of halogens is 1. The second kappa shape index (κ2) is 6.96. The summed E-state index contributed by atoms with van der Waals surface area (Å²) in [5.74, 6) is -0.339. The summed E-state index contributed by atoms with van der Waals surface area (Å²) in [7, 11) is 0. The second-order valence-corrected chi connectivity index (χ2v) is 6.29. The molecule has 1 aliphatic rings. The van der Waals surface area contributed by atoms with Crippen LogP contribution in [0.15, 0.2) is 53.0 Å². The lowest BCUT2D eigenvalue weighted by Crippen LogP contribution is -2.42. The van der Waals surface area contributed by atoms with Crippen molar-refractivity contribution in [2.75, 3.05) is 18.0 Å². The minimum absolute atomic E-state index is 0.00545. The van der Waals surface area contributed by atoms with Gasteiger partial charge in [-0.1, -0.05) is 30.3 Å². The monoisotopic (exact) mass is 372 g/mol. The molecule has 2 aromatic carbocycles. The highest BCUT2D eigenvalue weighted by molar-refractivity contribution is 9.10. The smallest absolute Gasteiger partial charge is 0.252 e. The number of para-hydroxylation sites is 1. The molecule has 0 aromatic heterocycles. The van der Waals surface area contributed by atoms with Crippen molar-refractivity contribution in [3.05, 3.63) is 64.1 Å². The molecule has 23 heavy (non-hydrogen) atoms. The fourth-order valence-corrected chi connectivity index (χ4v) is 3.25. The summed E-state index contributed by atoms with van der Waals surface area (Å²) in [5, 5.41) is 2.71. The molecule has 0 saturated heterocycles. The zero-order valence-corrected chi connectivity index (χ0v) is 14.2. The number of anilines is 1. The van der Waals surface area contributed by atoms with Gasteiger partial charge in [0, 0.05) is 16.7 Å². The molecular weight excluding hydrogens is 356 g/mol. The maximum Gasteiger partial charge on any atom is 0.252 e. The van der Waals surface area contributed by atoms with Crippen LogP contribution in [0.1, 0.15) is 22.3 Å². The van der Waals surface area contributed by atoms with E-state index in [2.05, 4.69) is 27.3 Å². The van der Waals surface area contributed by atoms with Crippen molar-refractivity contribution in [2.45, 2.75) is 12.8 Å². The molecule has 1 aliphatic heterocycles. The first-order chi connectivity index (χ1) is 11.2. The molecule has 1 heterocycles. The van der Waals surface area contributed by atoms with Crippen LogP contribution in [0.5, 0.6) is 0 Å². The van der Waals surface area contributed by atoms with Crippen LogP contribution in [-0.4, -0.2) is 24.9 Å². The van der Waals surface area contributed by atoms with Gasteiger partial charge in [-0.25, -0.2) is 0 Å². The van der Waals surface area contributed by atoms with Gasteiger partial charge in [0.15, 0.2) is 0 Å². The van der Waals surface area contributed by atoms with Gasteiger partial charge in [0.2, 0.25) is 5.91 Å². The molecule has 0 bridgehead atoms. The predicted molar refractivity (Wildman–Crippen MR) is 93.6 cm³/mol. The molecule has 3 rings (SSSR count).